The van der Waals surface area contributed by atoms with Crippen molar-refractivity contribution in [2.45, 2.75) is 13.5 Å². The highest BCUT2D eigenvalue weighted by Gasteiger charge is 2.14. The first-order valence-corrected chi connectivity index (χ1v) is 8.66. The topological polar surface area (TPSA) is 187 Å². The highest BCUT2D eigenvalue weighted by molar-refractivity contribution is 7.43. The van der Waals surface area contributed by atoms with Crippen molar-refractivity contribution in [3.63, 3.8) is 0 Å². The van der Waals surface area contributed by atoms with Crippen LogP contribution in [-0.4, -0.2) is 22.3 Å². The third kappa shape index (κ3) is 5.25. The van der Waals surface area contributed by atoms with Crippen molar-refractivity contribution in [1.82, 2.24) is 4.98 Å². The Morgan fingerprint density at radius 1 is 1.30 bits per heavy atom. The van der Waals surface area contributed by atoms with Gasteiger partial charge in [0.2, 0.25) is 0 Å². The number of hydrogen-bond donors (Lipinski definition) is 1. The average Bonchev–Trinajstić information content (AvgIpc) is 2.60. The van der Waals surface area contributed by atoms with E-state index in [-0.39, 0.29) is 34.6 Å². The number of aromatic nitrogens is 1. The number of carboxylic acids is 1. The number of carbonyl (C=O) groups is 2. The smallest absolute Gasteiger partial charge is 0.335 e. The van der Waals surface area contributed by atoms with Gasteiger partial charge in [0.15, 0.2) is 5.82 Å². The standard InChI is InChI=1S/C15H14N3O8P/c1-8-13(20)11(6-19)12(7-26-27(23,24)25)14(16-8)18-17-10-4-2-9(3-5-10)15(21)22/h2-6,20H,7H2,1H3,(H,21,22)(H2,23,24,25)/p-3. The first-order chi connectivity index (χ1) is 12.6. The predicted molar refractivity (Wildman–Crippen MR) is 83.8 cm³/mol. The van der Waals surface area contributed by atoms with Gasteiger partial charge < -0.3 is 29.1 Å². The number of benzene rings is 1. The van der Waals surface area contributed by atoms with E-state index in [4.69, 9.17) is 5.11 Å². The minimum atomic E-state index is -5.37. The van der Waals surface area contributed by atoms with Crippen LogP contribution in [0.1, 0.15) is 32.0 Å². The molecule has 0 atom stereocenters. The second kappa shape index (κ2) is 8.14. The number of aromatic carboxylic acids is 1. The van der Waals surface area contributed by atoms with Crippen molar-refractivity contribution in [3.05, 3.63) is 46.6 Å². The van der Waals surface area contributed by atoms with Crippen LogP contribution in [0.5, 0.6) is 5.75 Å². The molecule has 0 fully saturated rings. The van der Waals surface area contributed by atoms with Crippen LogP contribution in [-0.2, 0) is 15.7 Å². The Morgan fingerprint density at radius 3 is 2.44 bits per heavy atom. The summed E-state index contributed by atoms with van der Waals surface area (Å²) in [4.78, 5) is 47.3. The molecule has 27 heavy (non-hydrogen) atoms. The Kier molecular flexibility index (Phi) is 6.13. The lowest BCUT2D eigenvalue weighted by atomic mass is 10.1. The summed E-state index contributed by atoms with van der Waals surface area (Å²) in [6, 6.07) is 5.26. The van der Waals surface area contributed by atoms with Crippen molar-refractivity contribution in [2.24, 2.45) is 10.2 Å². The largest absolute Gasteiger partial charge is 0.871 e. The Balaban J connectivity index is 2.44. The van der Waals surface area contributed by atoms with Crippen LogP contribution in [0.4, 0.5) is 11.5 Å². The van der Waals surface area contributed by atoms with E-state index < -0.39 is 31.7 Å². The maximum absolute atomic E-state index is 12.0. The molecule has 2 rings (SSSR count). The molecule has 1 aromatic heterocycles. The molecule has 0 unspecified atom stereocenters. The van der Waals surface area contributed by atoms with E-state index in [1.54, 1.807) is 0 Å². The molecule has 0 amide bonds. The zero-order chi connectivity index (χ0) is 20.2. The average molecular weight is 392 g/mol. The van der Waals surface area contributed by atoms with E-state index in [9.17, 15) is 29.0 Å². The molecule has 0 aliphatic carbocycles. The van der Waals surface area contributed by atoms with Gasteiger partial charge in [0.1, 0.15) is 6.29 Å². The summed E-state index contributed by atoms with van der Waals surface area (Å²) in [5, 5.41) is 28.4. The second-order valence-corrected chi connectivity index (χ2v) is 6.29. The summed E-state index contributed by atoms with van der Waals surface area (Å²) >= 11 is 0. The van der Waals surface area contributed by atoms with Crippen molar-refractivity contribution < 1.29 is 38.7 Å². The number of aldehydes is 1. The summed E-state index contributed by atoms with van der Waals surface area (Å²) in [6.45, 7) is 0.403. The normalized spacial score (nSPS) is 11.7. The molecular weight excluding hydrogens is 381 g/mol. The fourth-order valence-corrected chi connectivity index (χ4v) is 2.29. The number of phosphoric acid groups is 1. The molecule has 0 aliphatic rings. The number of rotatable bonds is 7. The maximum atomic E-state index is 12.0. The van der Waals surface area contributed by atoms with Gasteiger partial charge in [-0.25, -0.2) is 9.78 Å². The summed E-state index contributed by atoms with van der Waals surface area (Å²) in [5.41, 5.74) is -0.603. The second-order valence-electron chi connectivity index (χ2n) is 5.13. The number of hydrogen-bond acceptors (Lipinski definition) is 10. The van der Waals surface area contributed by atoms with Gasteiger partial charge in [-0.05, 0) is 31.2 Å². The Labute approximate surface area is 152 Å². The maximum Gasteiger partial charge on any atom is 0.335 e. The molecule has 0 saturated heterocycles. The van der Waals surface area contributed by atoms with Crippen LogP contribution in [0.25, 0.3) is 0 Å². The van der Waals surface area contributed by atoms with Gasteiger partial charge in [-0.3, -0.25) is 4.79 Å². The number of carbonyl (C=O) groups excluding carboxylic acids is 1. The SMILES string of the molecule is Cc1nc(N=Nc2ccc(C(=O)O)cc2)c(COP(=O)([O-])[O-])c(C=O)c1[O-]. The highest BCUT2D eigenvalue weighted by Crippen LogP contribution is 2.34. The lowest BCUT2D eigenvalue weighted by molar-refractivity contribution is -0.342. The van der Waals surface area contributed by atoms with Crippen LogP contribution in [0.2, 0.25) is 0 Å². The predicted octanol–water partition coefficient (Wildman–Crippen LogP) is 0.735. The van der Waals surface area contributed by atoms with Gasteiger partial charge in [-0.2, -0.15) is 0 Å². The third-order valence-corrected chi connectivity index (χ3v) is 3.75. The number of carboxylic acid groups (broad SMARTS) is 1. The van der Waals surface area contributed by atoms with Gasteiger partial charge >= 0.3 is 5.97 Å². The van der Waals surface area contributed by atoms with Crippen molar-refractivity contribution >= 4 is 31.6 Å². The van der Waals surface area contributed by atoms with E-state index in [0.717, 1.165) is 0 Å². The first kappa shape index (κ1) is 20.3. The fourth-order valence-electron chi connectivity index (χ4n) is 2.00. The summed E-state index contributed by atoms with van der Waals surface area (Å²) in [7, 11) is -5.37. The van der Waals surface area contributed by atoms with Crippen LogP contribution < -0.4 is 14.9 Å². The van der Waals surface area contributed by atoms with E-state index >= 15 is 0 Å². The summed E-state index contributed by atoms with van der Waals surface area (Å²) < 4.78 is 14.8. The molecular formula is C15H11N3O8P-3. The molecule has 1 N–H and O–H groups in total. The van der Waals surface area contributed by atoms with Gasteiger partial charge in [-0.15, -0.1) is 10.2 Å². The number of aryl methyl sites for hydroxylation is 1. The molecule has 1 heterocycles. The van der Waals surface area contributed by atoms with Crippen LogP contribution in [0.15, 0.2) is 34.5 Å². The first-order valence-electron chi connectivity index (χ1n) is 7.19. The van der Waals surface area contributed by atoms with Gasteiger partial charge in [0, 0.05) is 16.8 Å². The monoisotopic (exact) mass is 392 g/mol. The quantitative estimate of drug-likeness (QED) is 0.402. The lowest BCUT2D eigenvalue weighted by Crippen LogP contribution is -2.17. The van der Waals surface area contributed by atoms with Crippen molar-refractivity contribution in [2.75, 3.05) is 0 Å². The molecule has 0 saturated carbocycles. The molecule has 0 spiro atoms. The molecule has 142 valence electrons. The zero-order valence-corrected chi connectivity index (χ0v) is 14.6. The van der Waals surface area contributed by atoms with E-state index in [0.29, 0.717) is 0 Å². The number of nitrogens with zero attached hydrogens (tertiary/aromatic N) is 3. The van der Waals surface area contributed by atoms with Crippen LogP contribution in [0, 0.1) is 6.92 Å². The number of pyridine rings is 1. The minimum absolute atomic E-state index is 0.0256. The molecule has 0 radical (unpaired) electrons. The molecule has 2 aromatic rings. The van der Waals surface area contributed by atoms with Gasteiger partial charge in [0.25, 0.3) is 0 Å². The molecule has 0 aliphatic heterocycles. The number of azo groups is 1. The fraction of sp³-hybridized carbons (Fsp3) is 0.133. The van der Waals surface area contributed by atoms with Crippen molar-refractivity contribution in [3.8, 4) is 5.75 Å². The lowest BCUT2D eigenvalue weighted by Gasteiger charge is -2.29. The van der Waals surface area contributed by atoms with E-state index in [1.165, 1.54) is 31.2 Å². The van der Waals surface area contributed by atoms with Gasteiger partial charge in [0.05, 0.1) is 25.7 Å². The number of phosphoric ester groups is 1. The minimum Gasteiger partial charge on any atom is -0.871 e. The highest BCUT2D eigenvalue weighted by atomic mass is 31.2. The summed E-state index contributed by atoms with van der Waals surface area (Å²) in [6.07, 6.45) is 0.177. The molecule has 1 aromatic carbocycles. The molecule has 12 heteroatoms. The van der Waals surface area contributed by atoms with E-state index in [2.05, 4.69) is 19.7 Å². The van der Waals surface area contributed by atoms with Gasteiger partial charge in [-0.1, -0.05) is 5.75 Å². The van der Waals surface area contributed by atoms with Crippen molar-refractivity contribution in [1.29, 1.82) is 0 Å². The van der Waals surface area contributed by atoms with Crippen LogP contribution >= 0.6 is 7.82 Å². The van der Waals surface area contributed by atoms with E-state index in [1.807, 2.05) is 0 Å². The Bertz CT molecular complexity index is 953. The molecule has 0 bridgehead atoms. The zero-order valence-electron chi connectivity index (χ0n) is 13.7. The molecule has 11 nitrogen and oxygen atoms in total. The Hall–Kier alpha value is -2.98. The third-order valence-electron chi connectivity index (χ3n) is 3.30. The van der Waals surface area contributed by atoms with Crippen LogP contribution in [0.3, 0.4) is 0 Å². The Morgan fingerprint density at radius 2 is 1.93 bits per heavy atom. The summed E-state index contributed by atoms with van der Waals surface area (Å²) in [5.74, 6) is -2.18.